The van der Waals surface area contributed by atoms with Gasteiger partial charge in [-0.1, -0.05) is 12.1 Å². The molecule has 0 aliphatic rings. The average Bonchev–Trinajstić information content (AvgIpc) is 2.54. The summed E-state index contributed by atoms with van der Waals surface area (Å²) in [6.07, 6.45) is -1.47. The van der Waals surface area contributed by atoms with Gasteiger partial charge in [-0.15, -0.1) is 13.2 Å². The molecule has 0 fully saturated rings. The lowest BCUT2D eigenvalue weighted by molar-refractivity contribution is -0.274. The van der Waals surface area contributed by atoms with Crippen molar-refractivity contribution in [3.05, 3.63) is 67.0 Å². The van der Waals surface area contributed by atoms with Gasteiger partial charge in [-0.05, 0) is 30.3 Å². The third kappa shape index (κ3) is 4.41. The van der Waals surface area contributed by atoms with E-state index in [1.165, 1.54) is 18.2 Å². The first-order chi connectivity index (χ1) is 11.9. The molecule has 0 saturated heterocycles. The molecular weight excluding hydrogens is 333 g/mol. The van der Waals surface area contributed by atoms with E-state index in [4.69, 9.17) is 10.5 Å². The second-order valence-corrected chi connectivity index (χ2v) is 5.12. The highest BCUT2D eigenvalue weighted by atomic mass is 19.4. The van der Waals surface area contributed by atoms with Gasteiger partial charge in [0.25, 0.3) is 0 Å². The molecule has 3 aromatic rings. The van der Waals surface area contributed by atoms with Gasteiger partial charge in [0.15, 0.2) is 0 Å². The monoisotopic (exact) mass is 346 g/mol. The van der Waals surface area contributed by atoms with E-state index in [1.54, 1.807) is 36.7 Å². The van der Waals surface area contributed by atoms with Crippen molar-refractivity contribution in [1.82, 2.24) is 4.98 Å². The number of nitrogens with two attached hydrogens (primary N) is 1. The van der Waals surface area contributed by atoms with Crippen LogP contribution in [0, 0.1) is 0 Å². The second-order valence-electron chi connectivity index (χ2n) is 5.12. The largest absolute Gasteiger partial charge is 0.573 e. The predicted molar refractivity (Wildman–Crippen MR) is 87.3 cm³/mol. The molecule has 0 bridgehead atoms. The molecule has 0 aliphatic heterocycles. The molecular formula is C18H13F3N2O2. The number of ether oxygens (including phenoxy) is 2. The highest BCUT2D eigenvalue weighted by Crippen LogP contribution is 2.36. The summed E-state index contributed by atoms with van der Waals surface area (Å²) < 4.78 is 46.7. The first-order valence-corrected chi connectivity index (χ1v) is 7.24. The van der Waals surface area contributed by atoms with Crippen molar-refractivity contribution in [3.8, 4) is 28.4 Å². The van der Waals surface area contributed by atoms with Gasteiger partial charge in [-0.25, -0.2) is 0 Å². The molecule has 4 nitrogen and oxygen atoms in total. The molecule has 0 saturated carbocycles. The topological polar surface area (TPSA) is 57.4 Å². The molecule has 2 N–H and O–H groups in total. The molecule has 2 aromatic carbocycles. The molecule has 128 valence electrons. The van der Waals surface area contributed by atoms with Crippen LogP contribution in [0.15, 0.2) is 67.0 Å². The Morgan fingerprint density at radius 2 is 1.72 bits per heavy atom. The molecule has 7 heteroatoms. The average molecular weight is 346 g/mol. The van der Waals surface area contributed by atoms with E-state index < -0.39 is 6.36 Å². The van der Waals surface area contributed by atoms with Crippen LogP contribution < -0.4 is 15.2 Å². The van der Waals surface area contributed by atoms with Gasteiger partial charge in [0.05, 0.1) is 0 Å². The van der Waals surface area contributed by atoms with Crippen LogP contribution in [0.25, 0.3) is 11.1 Å². The Hall–Kier alpha value is -3.22. The smallest absolute Gasteiger partial charge is 0.457 e. The zero-order chi connectivity index (χ0) is 17.9. The predicted octanol–water partition coefficient (Wildman–Crippen LogP) is 5.02. The number of rotatable bonds is 4. The molecule has 0 amide bonds. The summed E-state index contributed by atoms with van der Waals surface area (Å²) in [5.41, 5.74) is 7.77. The van der Waals surface area contributed by atoms with Gasteiger partial charge < -0.3 is 15.2 Å². The number of hydrogen-bond donors (Lipinski definition) is 1. The second kappa shape index (κ2) is 6.72. The molecule has 3 rings (SSSR count). The van der Waals surface area contributed by atoms with Crippen molar-refractivity contribution >= 4 is 5.69 Å². The quantitative estimate of drug-likeness (QED) is 0.674. The van der Waals surface area contributed by atoms with Crippen LogP contribution in [0.2, 0.25) is 0 Å². The molecule has 0 radical (unpaired) electrons. The molecule has 1 heterocycles. The van der Waals surface area contributed by atoms with Gasteiger partial charge in [0.2, 0.25) is 0 Å². The lowest BCUT2D eigenvalue weighted by Gasteiger charge is -2.14. The Balaban J connectivity index is 1.93. The van der Waals surface area contributed by atoms with E-state index in [1.807, 2.05) is 6.07 Å². The van der Waals surface area contributed by atoms with E-state index in [0.717, 1.165) is 11.6 Å². The Morgan fingerprint density at radius 3 is 2.44 bits per heavy atom. The van der Waals surface area contributed by atoms with Crippen LogP contribution in [0.4, 0.5) is 18.9 Å². The zero-order valence-electron chi connectivity index (χ0n) is 12.8. The summed E-state index contributed by atoms with van der Waals surface area (Å²) in [6, 6.07) is 14.0. The molecule has 25 heavy (non-hydrogen) atoms. The standard InChI is InChI=1S/C18H13F3N2O2/c19-18(20,21)25-15-5-1-4-14(10-15)24-17-9-13(22)6-7-16(17)12-3-2-8-23-11-12/h1-11H,22H2. The van der Waals surface area contributed by atoms with E-state index >= 15 is 0 Å². The normalized spacial score (nSPS) is 11.2. The van der Waals surface area contributed by atoms with Gasteiger partial charge in [0.1, 0.15) is 17.2 Å². The van der Waals surface area contributed by atoms with Crippen LogP contribution in [0.1, 0.15) is 0 Å². The van der Waals surface area contributed by atoms with Gasteiger partial charge in [-0.2, -0.15) is 0 Å². The summed E-state index contributed by atoms with van der Waals surface area (Å²) in [5.74, 6) is 0.228. The summed E-state index contributed by atoms with van der Waals surface area (Å²) in [7, 11) is 0. The lowest BCUT2D eigenvalue weighted by atomic mass is 10.1. The Morgan fingerprint density at radius 1 is 0.920 bits per heavy atom. The van der Waals surface area contributed by atoms with Crippen LogP contribution in [-0.4, -0.2) is 11.3 Å². The third-order valence-corrected chi connectivity index (χ3v) is 3.25. The summed E-state index contributed by atoms with van der Waals surface area (Å²) in [5, 5.41) is 0. The van der Waals surface area contributed by atoms with Gasteiger partial charge in [0, 0.05) is 41.3 Å². The maximum atomic E-state index is 12.4. The fourth-order valence-electron chi connectivity index (χ4n) is 2.25. The van der Waals surface area contributed by atoms with Crippen molar-refractivity contribution in [2.75, 3.05) is 5.73 Å². The van der Waals surface area contributed by atoms with E-state index in [2.05, 4.69) is 9.72 Å². The summed E-state index contributed by atoms with van der Waals surface area (Å²) >= 11 is 0. The highest BCUT2D eigenvalue weighted by molar-refractivity contribution is 5.72. The number of nitrogens with zero attached hydrogens (tertiary/aromatic N) is 1. The van der Waals surface area contributed by atoms with Crippen molar-refractivity contribution in [2.45, 2.75) is 6.36 Å². The molecule has 0 atom stereocenters. The summed E-state index contributed by atoms with van der Waals surface area (Å²) in [6.45, 7) is 0. The van der Waals surface area contributed by atoms with Crippen molar-refractivity contribution in [2.24, 2.45) is 0 Å². The Kier molecular flexibility index (Phi) is 4.47. The maximum Gasteiger partial charge on any atom is 0.573 e. The number of nitrogen functional groups attached to an aromatic ring is 1. The highest BCUT2D eigenvalue weighted by Gasteiger charge is 2.31. The number of pyridine rings is 1. The Bertz CT molecular complexity index is 868. The number of benzene rings is 2. The first-order valence-electron chi connectivity index (χ1n) is 7.24. The molecule has 1 aromatic heterocycles. The number of aromatic nitrogens is 1. The van der Waals surface area contributed by atoms with E-state index in [-0.39, 0.29) is 11.5 Å². The first kappa shape index (κ1) is 16.6. The number of halogens is 3. The number of anilines is 1. The third-order valence-electron chi connectivity index (χ3n) is 3.25. The van der Waals surface area contributed by atoms with Crippen molar-refractivity contribution < 1.29 is 22.6 Å². The Labute approximate surface area is 141 Å². The lowest BCUT2D eigenvalue weighted by Crippen LogP contribution is -2.17. The van der Waals surface area contributed by atoms with Crippen LogP contribution in [-0.2, 0) is 0 Å². The maximum absolute atomic E-state index is 12.4. The van der Waals surface area contributed by atoms with Crippen molar-refractivity contribution in [1.29, 1.82) is 0 Å². The fourth-order valence-corrected chi connectivity index (χ4v) is 2.25. The van der Waals surface area contributed by atoms with Gasteiger partial charge in [-0.3, -0.25) is 4.98 Å². The fraction of sp³-hybridized carbons (Fsp3) is 0.0556. The van der Waals surface area contributed by atoms with E-state index in [9.17, 15) is 13.2 Å². The zero-order valence-corrected chi connectivity index (χ0v) is 12.8. The van der Waals surface area contributed by atoms with Crippen molar-refractivity contribution in [3.63, 3.8) is 0 Å². The van der Waals surface area contributed by atoms with Crippen LogP contribution in [0.5, 0.6) is 17.2 Å². The summed E-state index contributed by atoms with van der Waals surface area (Å²) in [4.78, 5) is 4.05. The number of hydrogen-bond acceptors (Lipinski definition) is 4. The minimum atomic E-state index is -4.77. The molecule has 0 aliphatic carbocycles. The van der Waals surface area contributed by atoms with Gasteiger partial charge >= 0.3 is 6.36 Å². The molecule has 0 unspecified atom stereocenters. The minimum absolute atomic E-state index is 0.192. The molecule has 0 spiro atoms. The number of alkyl halides is 3. The van der Waals surface area contributed by atoms with Crippen LogP contribution >= 0.6 is 0 Å². The van der Waals surface area contributed by atoms with E-state index in [0.29, 0.717) is 17.0 Å². The van der Waals surface area contributed by atoms with Crippen LogP contribution in [0.3, 0.4) is 0 Å². The SMILES string of the molecule is Nc1ccc(-c2cccnc2)c(Oc2cccc(OC(F)(F)F)c2)c1. The minimum Gasteiger partial charge on any atom is -0.457 e.